The average molecular weight is 572 g/mol. The van der Waals surface area contributed by atoms with E-state index in [9.17, 15) is 9.59 Å². The van der Waals surface area contributed by atoms with Crippen LogP contribution in [0.3, 0.4) is 0 Å². The van der Waals surface area contributed by atoms with Crippen molar-refractivity contribution in [2.75, 3.05) is 33.8 Å². The van der Waals surface area contributed by atoms with Crippen LogP contribution in [0, 0.1) is 0 Å². The third-order valence-electron chi connectivity index (χ3n) is 6.75. The van der Waals surface area contributed by atoms with Gasteiger partial charge in [-0.05, 0) is 43.3 Å². The number of rotatable bonds is 8. The van der Waals surface area contributed by atoms with Gasteiger partial charge in [-0.2, -0.15) is 0 Å². The number of methoxy groups -OCH3 is 4. The predicted octanol–water partition coefficient (Wildman–Crippen LogP) is 3.91. The molecule has 0 unspecified atom stereocenters. The molecule has 210 valence electrons. The van der Waals surface area contributed by atoms with E-state index in [1.165, 1.54) is 18.4 Å². The van der Waals surface area contributed by atoms with Gasteiger partial charge in [-0.15, -0.1) is 0 Å². The highest BCUT2D eigenvalue weighted by atomic mass is 32.1. The lowest BCUT2D eigenvalue weighted by Gasteiger charge is -2.26. The van der Waals surface area contributed by atoms with Crippen molar-refractivity contribution in [2.24, 2.45) is 4.99 Å². The number of nitrogens with zero attached hydrogens (tertiary/aromatic N) is 2. The van der Waals surface area contributed by atoms with Gasteiger partial charge in [0.25, 0.3) is 11.5 Å². The van der Waals surface area contributed by atoms with Gasteiger partial charge in [-0.1, -0.05) is 41.7 Å². The fourth-order valence-electron chi connectivity index (χ4n) is 4.84. The topological polar surface area (TPSA) is 100 Å². The van der Waals surface area contributed by atoms with Gasteiger partial charge in [0.05, 0.1) is 44.2 Å². The lowest BCUT2D eigenvalue weighted by molar-refractivity contribution is -0.113. The summed E-state index contributed by atoms with van der Waals surface area (Å²) < 4.78 is 24.1. The van der Waals surface area contributed by atoms with E-state index < -0.39 is 6.04 Å². The van der Waals surface area contributed by atoms with E-state index in [2.05, 4.69) is 5.32 Å². The number of nitrogens with one attached hydrogen (secondary N) is 1. The molecule has 0 radical (unpaired) electrons. The molecule has 5 rings (SSSR count). The van der Waals surface area contributed by atoms with E-state index in [4.69, 9.17) is 23.9 Å². The van der Waals surface area contributed by atoms with Gasteiger partial charge < -0.3 is 24.3 Å². The minimum atomic E-state index is -0.815. The first-order valence-electron chi connectivity index (χ1n) is 12.7. The smallest absolute Gasteiger partial charge is 0.271 e. The highest BCUT2D eigenvalue weighted by molar-refractivity contribution is 7.07. The minimum Gasteiger partial charge on any atom is -0.497 e. The number of benzene rings is 3. The van der Waals surface area contributed by atoms with Gasteiger partial charge in [0.15, 0.2) is 16.3 Å². The number of hydrogen-bond donors (Lipinski definition) is 1. The predicted molar refractivity (Wildman–Crippen MR) is 158 cm³/mol. The number of para-hydroxylation sites is 2. The molecule has 0 aliphatic carbocycles. The molecule has 1 aromatic heterocycles. The number of fused-ring (bicyclic) bond motifs is 1. The highest BCUT2D eigenvalue weighted by Crippen LogP contribution is 2.38. The maximum atomic E-state index is 14.1. The van der Waals surface area contributed by atoms with Crippen LogP contribution in [0.4, 0.5) is 5.69 Å². The summed E-state index contributed by atoms with van der Waals surface area (Å²) in [5, 5.41) is 2.95. The number of amides is 1. The largest absolute Gasteiger partial charge is 0.497 e. The number of ether oxygens (including phenoxy) is 4. The molecule has 0 bridgehead atoms. The Hall–Kier alpha value is -4.83. The van der Waals surface area contributed by atoms with Crippen LogP contribution >= 0.6 is 11.3 Å². The number of carbonyl (C=O) groups excluding carboxylic acids is 1. The van der Waals surface area contributed by atoms with Gasteiger partial charge in [-0.3, -0.25) is 14.2 Å². The van der Waals surface area contributed by atoms with Gasteiger partial charge in [0, 0.05) is 22.9 Å². The fourth-order valence-corrected chi connectivity index (χ4v) is 5.87. The van der Waals surface area contributed by atoms with Crippen LogP contribution in [0.2, 0.25) is 0 Å². The van der Waals surface area contributed by atoms with Crippen molar-refractivity contribution in [3.05, 3.63) is 109 Å². The molecule has 9 nitrogen and oxygen atoms in total. The van der Waals surface area contributed by atoms with Crippen LogP contribution in [0.5, 0.6) is 23.0 Å². The molecule has 0 fully saturated rings. The maximum absolute atomic E-state index is 14.1. The molecule has 10 heteroatoms. The van der Waals surface area contributed by atoms with Crippen LogP contribution in [-0.4, -0.2) is 38.9 Å². The maximum Gasteiger partial charge on any atom is 0.271 e. The number of carbonyl (C=O) groups is 1. The van der Waals surface area contributed by atoms with E-state index in [0.29, 0.717) is 60.4 Å². The summed E-state index contributed by atoms with van der Waals surface area (Å²) in [5.74, 6) is 1.74. The second-order valence-electron chi connectivity index (χ2n) is 9.09. The minimum absolute atomic E-state index is 0.306. The lowest BCUT2D eigenvalue weighted by atomic mass is 9.94. The van der Waals surface area contributed by atoms with E-state index in [1.54, 1.807) is 75.3 Å². The first-order chi connectivity index (χ1) is 19.9. The molecule has 1 amide bonds. The number of allylic oxidation sites excluding steroid dienone is 1. The van der Waals surface area contributed by atoms with Gasteiger partial charge in [-0.25, -0.2) is 4.99 Å². The van der Waals surface area contributed by atoms with E-state index >= 15 is 0 Å². The monoisotopic (exact) mass is 571 g/mol. The van der Waals surface area contributed by atoms with E-state index in [0.717, 1.165) is 0 Å². The van der Waals surface area contributed by atoms with Crippen LogP contribution < -0.4 is 39.2 Å². The van der Waals surface area contributed by atoms with Crippen molar-refractivity contribution in [1.82, 2.24) is 4.57 Å². The molecule has 0 saturated carbocycles. The van der Waals surface area contributed by atoms with Crippen LogP contribution in [0.25, 0.3) is 6.08 Å². The summed E-state index contributed by atoms with van der Waals surface area (Å²) in [7, 11) is 6.21. The molecule has 0 saturated heterocycles. The van der Waals surface area contributed by atoms with Gasteiger partial charge in [0.1, 0.15) is 17.5 Å². The molecular weight excluding hydrogens is 542 g/mol. The Balaban J connectivity index is 1.74. The molecule has 3 aromatic carbocycles. The second-order valence-corrected chi connectivity index (χ2v) is 10.1. The highest BCUT2D eigenvalue weighted by Gasteiger charge is 2.34. The molecule has 1 N–H and O–H groups in total. The normalized spacial score (nSPS) is 14.7. The zero-order valence-corrected chi connectivity index (χ0v) is 24.1. The fraction of sp³-hybridized carbons (Fsp3) is 0.194. The summed E-state index contributed by atoms with van der Waals surface area (Å²) >= 11 is 1.23. The first-order valence-corrected chi connectivity index (χ1v) is 13.5. The van der Waals surface area contributed by atoms with Crippen molar-refractivity contribution in [3.63, 3.8) is 0 Å². The first kappa shape index (κ1) is 27.7. The summed E-state index contributed by atoms with van der Waals surface area (Å²) in [6, 6.07) is 19.1. The molecule has 1 atom stereocenters. The Morgan fingerprint density at radius 2 is 1.68 bits per heavy atom. The molecule has 1 aliphatic heterocycles. The SMILES string of the molecule is COc1ccc([C@@H]2C(C(=O)Nc3ccccc3)=C(C)N=c3s/c(=C\c4cccc(OC)c4OC)c(=O)n32)c(OC)c1. The molecular formula is C31H29N3O6S. The third kappa shape index (κ3) is 5.21. The van der Waals surface area contributed by atoms with Crippen LogP contribution in [0.15, 0.2) is 87.8 Å². The van der Waals surface area contributed by atoms with Gasteiger partial charge in [0.2, 0.25) is 0 Å². The van der Waals surface area contributed by atoms with Crippen molar-refractivity contribution in [3.8, 4) is 23.0 Å². The molecule has 1 aliphatic rings. The molecule has 2 heterocycles. The van der Waals surface area contributed by atoms with E-state index in [1.807, 2.05) is 30.3 Å². The molecule has 0 spiro atoms. The van der Waals surface area contributed by atoms with Crippen molar-refractivity contribution in [2.45, 2.75) is 13.0 Å². The Bertz CT molecular complexity index is 1820. The van der Waals surface area contributed by atoms with Crippen LogP contribution in [0.1, 0.15) is 24.1 Å². The summed E-state index contributed by atoms with van der Waals surface area (Å²) in [6.07, 6.45) is 1.75. The summed E-state index contributed by atoms with van der Waals surface area (Å²) in [5.41, 5.74) is 2.43. The van der Waals surface area contributed by atoms with Crippen molar-refractivity contribution < 1.29 is 23.7 Å². The standard InChI is InChI=1S/C31H29N3O6S/c1-18-26(29(35)33-20-11-7-6-8-12-20)27(22-15-14-21(37-2)17-24(22)39-4)34-30(36)25(41-31(34)32-18)16-19-10-9-13-23(38-3)28(19)40-5/h6-17,27H,1-5H3,(H,33,35)/b25-16-/t27-/m1/s1. The zero-order valence-electron chi connectivity index (χ0n) is 23.3. The Morgan fingerprint density at radius 3 is 2.37 bits per heavy atom. The average Bonchev–Trinajstić information content (AvgIpc) is 3.30. The third-order valence-corrected chi connectivity index (χ3v) is 7.74. The Morgan fingerprint density at radius 1 is 0.927 bits per heavy atom. The number of aromatic nitrogens is 1. The lowest BCUT2D eigenvalue weighted by Crippen LogP contribution is -2.40. The number of hydrogen-bond acceptors (Lipinski definition) is 8. The summed E-state index contributed by atoms with van der Waals surface area (Å²) in [6.45, 7) is 1.77. The van der Waals surface area contributed by atoms with Gasteiger partial charge >= 0.3 is 0 Å². The molecule has 41 heavy (non-hydrogen) atoms. The zero-order chi connectivity index (χ0) is 29.1. The van der Waals surface area contributed by atoms with Crippen molar-refractivity contribution in [1.29, 1.82) is 0 Å². The Kier molecular flexibility index (Phi) is 7.93. The quantitative estimate of drug-likeness (QED) is 0.344. The summed E-state index contributed by atoms with van der Waals surface area (Å²) in [4.78, 5) is 33.1. The number of thiazole rings is 1. The van der Waals surface area contributed by atoms with Crippen LogP contribution in [-0.2, 0) is 4.79 Å². The Labute approximate surface area is 240 Å². The van der Waals surface area contributed by atoms with E-state index in [-0.39, 0.29) is 11.5 Å². The van der Waals surface area contributed by atoms with Crippen molar-refractivity contribution >= 4 is 29.0 Å². The second kappa shape index (κ2) is 11.7. The molecule has 4 aromatic rings. The number of anilines is 1.